The minimum absolute atomic E-state index is 0.137. The van der Waals surface area contributed by atoms with Crippen molar-refractivity contribution < 1.29 is 0 Å². The highest BCUT2D eigenvalue weighted by atomic mass is 32.1. The third kappa shape index (κ3) is 5.60. The van der Waals surface area contributed by atoms with E-state index in [1.165, 1.54) is 37.3 Å². The number of amidine groups is 1. The molecule has 1 aliphatic rings. The van der Waals surface area contributed by atoms with Gasteiger partial charge in [0.05, 0.1) is 5.69 Å². The molecule has 9 heteroatoms. The van der Waals surface area contributed by atoms with Crippen LogP contribution < -0.4 is 5.32 Å². The molecular weight excluding hydrogens is 420 g/mol. The number of likely N-dealkylation sites (tertiary alicyclic amines) is 1. The number of hydrogen-bond acceptors (Lipinski definition) is 8. The molecule has 4 rings (SSSR count). The number of nitrogens with zero attached hydrogens (tertiary/aromatic N) is 7. The molecular formula is C23H24N8S. The number of aromatic nitrogens is 4. The number of nitriles is 1. The highest BCUT2D eigenvalue weighted by Crippen LogP contribution is 2.27. The molecule has 1 aliphatic heterocycles. The van der Waals surface area contributed by atoms with Gasteiger partial charge in [0.25, 0.3) is 0 Å². The van der Waals surface area contributed by atoms with Crippen molar-refractivity contribution in [2.45, 2.75) is 25.7 Å². The summed E-state index contributed by atoms with van der Waals surface area (Å²) < 4.78 is 0. The molecule has 4 heterocycles. The minimum atomic E-state index is 0.137. The lowest BCUT2D eigenvalue weighted by Crippen LogP contribution is -2.19. The van der Waals surface area contributed by atoms with E-state index < -0.39 is 0 Å². The van der Waals surface area contributed by atoms with Crippen LogP contribution in [0.3, 0.4) is 0 Å². The first kappa shape index (κ1) is 21.7. The number of anilines is 1. The van der Waals surface area contributed by atoms with E-state index in [1.807, 2.05) is 30.5 Å². The van der Waals surface area contributed by atoms with Gasteiger partial charge < -0.3 is 10.2 Å². The fraction of sp³-hybridized carbons (Fsp3) is 0.304. The van der Waals surface area contributed by atoms with Gasteiger partial charge in [0.2, 0.25) is 5.82 Å². The topological polar surface area (TPSA) is 103 Å². The first-order valence-electron chi connectivity index (χ1n) is 10.6. The molecule has 0 atom stereocenters. The van der Waals surface area contributed by atoms with Crippen LogP contribution in [0.25, 0.3) is 21.6 Å². The summed E-state index contributed by atoms with van der Waals surface area (Å²) in [4.78, 5) is 25.2. The predicted molar refractivity (Wildman–Crippen MR) is 128 cm³/mol. The summed E-state index contributed by atoms with van der Waals surface area (Å²) in [6.45, 7) is 7.34. The van der Waals surface area contributed by atoms with Gasteiger partial charge >= 0.3 is 0 Å². The van der Waals surface area contributed by atoms with Crippen LogP contribution >= 0.6 is 11.3 Å². The molecule has 32 heavy (non-hydrogen) atoms. The maximum absolute atomic E-state index is 8.85. The first-order chi connectivity index (χ1) is 15.7. The molecule has 0 bridgehead atoms. The SMILES string of the molecule is C=CCC(=N/C=C\CCN1CCCC1)Nc1nc2ccc(-c3cnc(C#N)nc3)nc2s1. The highest BCUT2D eigenvalue weighted by molar-refractivity contribution is 7.22. The largest absolute Gasteiger partial charge is 0.319 e. The molecule has 3 aromatic heterocycles. The summed E-state index contributed by atoms with van der Waals surface area (Å²) in [5.41, 5.74) is 2.29. The van der Waals surface area contributed by atoms with E-state index in [0.29, 0.717) is 6.42 Å². The number of hydrogen-bond donors (Lipinski definition) is 1. The molecule has 0 spiro atoms. The molecule has 162 valence electrons. The number of aliphatic imine (C=N–C) groups is 1. The van der Waals surface area contributed by atoms with Crippen LogP contribution in [-0.4, -0.2) is 50.3 Å². The lowest BCUT2D eigenvalue weighted by Gasteiger charge is -2.11. The zero-order valence-electron chi connectivity index (χ0n) is 17.7. The van der Waals surface area contributed by atoms with Crippen LogP contribution in [0, 0.1) is 11.3 Å². The zero-order chi connectivity index (χ0) is 22.2. The Bertz CT molecular complexity index is 1170. The summed E-state index contributed by atoms with van der Waals surface area (Å²) in [6, 6.07) is 5.71. The van der Waals surface area contributed by atoms with Gasteiger partial charge in [0, 0.05) is 37.1 Å². The van der Waals surface area contributed by atoms with Crippen molar-refractivity contribution in [2.75, 3.05) is 25.0 Å². The summed E-state index contributed by atoms with van der Waals surface area (Å²) in [6.07, 6.45) is 13.2. The number of pyridine rings is 1. The average Bonchev–Trinajstić information content (AvgIpc) is 3.48. The number of fused-ring (bicyclic) bond motifs is 1. The van der Waals surface area contributed by atoms with Crippen molar-refractivity contribution in [1.29, 1.82) is 5.26 Å². The fourth-order valence-electron chi connectivity index (χ4n) is 3.43. The Labute approximate surface area is 191 Å². The molecule has 0 radical (unpaired) electrons. The standard InChI is InChI=1S/C23H24N8S/c1-2-7-20(25-10-3-4-11-31-12-5-6-13-31)30-23-29-19-9-8-18(28-22(19)32-23)17-15-26-21(14-24)27-16-17/h2-3,8-10,15-16H,1,4-7,11-13H2,(H,25,29,30)/b10-3-. The van der Waals surface area contributed by atoms with Crippen LogP contribution in [-0.2, 0) is 0 Å². The van der Waals surface area contributed by atoms with Gasteiger partial charge in [0.15, 0.2) is 5.13 Å². The molecule has 8 nitrogen and oxygen atoms in total. The lowest BCUT2D eigenvalue weighted by atomic mass is 10.2. The van der Waals surface area contributed by atoms with Crippen LogP contribution in [0.15, 0.2) is 54.4 Å². The molecule has 1 saturated heterocycles. The van der Waals surface area contributed by atoms with E-state index in [1.54, 1.807) is 12.4 Å². The van der Waals surface area contributed by atoms with Gasteiger partial charge in [0.1, 0.15) is 22.3 Å². The van der Waals surface area contributed by atoms with E-state index in [2.05, 4.69) is 47.8 Å². The second-order valence-electron chi connectivity index (χ2n) is 7.36. The van der Waals surface area contributed by atoms with Gasteiger partial charge in [-0.15, -0.1) is 6.58 Å². The van der Waals surface area contributed by atoms with Gasteiger partial charge in [-0.05, 0) is 44.5 Å². The molecule has 0 saturated carbocycles. The monoisotopic (exact) mass is 444 g/mol. The Hall–Kier alpha value is -3.48. The second kappa shape index (κ2) is 10.7. The van der Waals surface area contributed by atoms with E-state index in [0.717, 1.165) is 45.5 Å². The lowest BCUT2D eigenvalue weighted by molar-refractivity contribution is 0.346. The maximum atomic E-state index is 8.85. The maximum Gasteiger partial charge on any atom is 0.232 e. The third-order valence-electron chi connectivity index (χ3n) is 5.04. The van der Waals surface area contributed by atoms with E-state index in [-0.39, 0.29) is 5.82 Å². The summed E-state index contributed by atoms with van der Waals surface area (Å²) in [5.74, 6) is 0.926. The molecule has 0 aliphatic carbocycles. The van der Waals surface area contributed by atoms with E-state index in [9.17, 15) is 0 Å². The third-order valence-corrected chi connectivity index (χ3v) is 5.92. The van der Waals surface area contributed by atoms with Crippen molar-refractivity contribution in [3.63, 3.8) is 0 Å². The fourth-order valence-corrected chi connectivity index (χ4v) is 4.28. The van der Waals surface area contributed by atoms with Crippen molar-refractivity contribution in [3.8, 4) is 17.3 Å². The van der Waals surface area contributed by atoms with Crippen molar-refractivity contribution in [3.05, 3.63) is 55.3 Å². The van der Waals surface area contributed by atoms with Gasteiger partial charge in [-0.2, -0.15) is 5.26 Å². The number of rotatable bonds is 8. The molecule has 1 fully saturated rings. The second-order valence-corrected chi connectivity index (χ2v) is 8.34. The Morgan fingerprint density at radius 1 is 1.25 bits per heavy atom. The predicted octanol–water partition coefficient (Wildman–Crippen LogP) is 4.41. The normalized spacial score (nSPS) is 14.8. The van der Waals surface area contributed by atoms with Gasteiger partial charge in [-0.1, -0.05) is 23.5 Å². The molecule has 0 aromatic carbocycles. The van der Waals surface area contributed by atoms with E-state index >= 15 is 0 Å². The quantitative estimate of drug-likeness (QED) is 0.312. The van der Waals surface area contributed by atoms with Crippen LogP contribution in [0.2, 0.25) is 0 Å². The number of nitrogens with one attached hydrogen (secondary N) is 1. The smallest absolute Gasteiger partial charge is 0.232 e. The van der Waals surface area contributed by atoms with Crippen molar-refractivity contribution in [2.24, 2.45) is 4.99 Å². The Balaban J connectivity index is 1.43. The highest BCUT2D eigenvalue weighted by Gasteiger charge is 2.10. The Morgan fingerprint density at radius 2 is 2.06 bits per heavy atom. The van der Waals surface area contributed by atoms with Crippen LogP contribution in [0.5, 0.6) is 0 Å². The van der Waals surface area contributed by atoms with Crippen LogP contribution in [0.4, 0.5) is 5.13 Å². The van der Waals surface area contributed by atoms with Gasteiger partial charge in [-0.3, -0.25) is 0 Å². The van der Waals surface area contributed by atoms with Gasteiger partial charge in [-0.25, -0.2) is 24.9 Å². The van der Waals surface area contributed by atoms with Crippen LogP contribution in [0.1, 0.15) is 31.5 Å². The molecule has 0 unspecified atom stereocenters. The molecule has 0 amide bonds. The average molecular weight is 445 g/mol. The minimum Gasteiger partial charge on any atom is -0.319 e. The summed E-state index contributed by atoms with van der Waals surface area (Å²) >= 11 is 1.46. The Morgan fingerprint density at radius 3 is 2.81 bits per heavy atom. The zero-order valence-corrected chi connectivity index (χ0v) is 18.6. The molecule has 3 aromatic rings. The summed E-state index contributed by atoms with van der Waals surface area (Å²) in [5, 5.41) is 12.9. The van der Waals surface area contributed by atoms with Crippen molar-refractivity contribution in [1.82, 2.24) is 24.8 Å². The summed E-state index contributed by atoms with van der Waals surface area (Å²) in [7, 11) is 0. The first-order valence-corrected chi connectivity index (χ1v) is 11.4. The molecule has 1 N–H and O–H groups in total. The van der Waals surface area contributed by atoms with E-state index in [4.69, 9.17) is 5.26 Å². The number of thiazole rings is 1. The van der Waals surface area contributed by atoms with Crippen molar-refractivity contribution >= 4 is 32.7 Å². The Kier molecular flexibility index (Phi) is 7.27.